The summed E-state index contributed by atoms with van der Waals surface area (Å²) < 4.78 is 13.2. The van der Waals surface area contributed by atoms with E-state index in [1.54, 1.807) is 24.3 Å². The van der Waals surface area contributed by atoms with E-state index in [2.05, 4.69) is 0 Å². The van der Waals surface area contributed by atoms with Crippen LogP contribution in [0.15, 0.2) is 54.1 Å². The number of carbonyl (C=O) groups excluding carboxylic acids is 2. The Balaban J connectivity index is 2.16. The second kappa shape index (κ2) is 6.09. The quantitative estimate of drug-likeness (QED) is 0.514. The number of amides is 1. The Kier molecular flexibility index (Phi) is 4.11. The molecule has 122 valence electrons. The molecule has 1 amide bonds. The molecule has 1 fully saturated rings. The Morgan fingerprint density at radius 1 is 1.08 bits per heavy atom. The lowest BCUT2D eigenvalue weighted by atomic mass is 9.95. The van der Waals surface area contributed by atoms with Gasteiger partial charge in [-0.1, -0.05) is 23.7 Å². The van der Waals surface area contributed by atoms with Gasteiger partial charge < -0.3 is 10.0 Å². The Hall–Kier alpha value is -2.66. The lowest BCUT2D eigenvalue weighted by Crippen LogP contribution is -2.24. The first-order valence-electron chi connectivity index (χ1n) is 7.16. The van der Waals surface area contributed by atoms with E-state index in [-0.39, 0.29) is 11.3 Å². The number of halogens is 2. The van der Waals surface area contributed by atoms with Crippen LogP contribution in [0, 0.1) is 5.82 Å². The number of hydrogen-bond acceptors (Lipinski definition) is 3. The number of aliphatic hydroxyl groups excluding tert-OH is 1. The van der Waals surface area contributed by atoms with Crippen molar-refractivity contribution < 1.29 is 19.1 Å². The van der Waals surface area contributed by atoms with Gasteiger partial charge in [0.1, 0.15) is 11.6 Å². The predicted octanol–water partition coefficient (Wildman–Crippen LogP) is 3.53. The van der Waals surface area contributed by atoms with Crippen LogP contribution in [0.2, 0.25) is 5.02 Å². The highest BCUT2D eigenvalue weighted by atomic mass is 35.5. The molecule has 3 rings (SSSR count). The molecule has 0 saturated carbocycles. The molecule has 0 radical (unpaired) electrons. The Labute approximate surface area is 142 Å². The first kappa shape index (κ1) is 16.2. The molecule has 1 N–H and O–H groups in total. The fourth-order valence-electron chi connectivity index (χ4n) is 2.75. The average Bonchev–Trinajstić information content (AvgIpc) is 2.80. The number of likely N-dealkylation sites (tertiary alicyclic amines) is 1. The summed E-state index contributed by atoms with van der Waals surface area (Å²) in [6.07, 6.45) is 0. The molecule has 1 heterocycles. The highest BCUT2D eigenvalue weighted by Gasteiger charge is 2.44. The summed E-state index contributed by atoms with van der Waals surface area (Å²) in [6.45, 7) is 0. The molecule has 1 atom stereocenters. The van der Waals surface area contributed by atoms with E-state index in [0.717, 1.165) is 0 Å². The van der Waals surface area contributed by atoms with E-state index < -0.39 is 23.5 Å². The summed E-state index contributed by atoms with van der Waals surface area (Å²) >= 11 is 5.83. The molecule has 0 bridgehead atoms. The Bertz CT molecular complexity index is 844. The van der Waals surface area contributed by atoms with Gasteiger partial charge in [0.25, 0.3) is 11.7 Å². The summed E-state index contributed by atoms with van der Waals surface area (Å²) in [6, 6.07) is 10.9. The van der Waals surface area contributed by atoms with Crippen molar-refractivity contribution in [3.05, 3.63) is 76.1 Å². The zero-order valence-corrected chi connectivity index (χ0v) is 13.4. The number of benzene rings is 2. The summed E-state index contributed by atoms with van der Waals surface area (Å²) in [7, 11) is 1.47. The van der Waals surface area contributed by atoms with Crippen molar-refractivity contribution in [1.29, 1.82) is 0 Å². The van der Waals surface area contributed by atoms with E-state index >= 15 is 0 Å². The number of nitrogens with zero attached hydrogens (tertiary/aromatic N) is 1. The number of hydrogen-bond donors (Lipinski definition) is 1. The highest BCUT2D eigenvalue weighted by molar-refractivity contribution is 6.46. The third-order valence-corrected chi connectivity index (χ3v) is 4.23. The Morgan fingerprint density at radius 3 is 2.25 bits per heavy atom. The molecule has 0 spiro atoms. The molecule has 1 aliphatic rings. The van der Waals surface area contributed by atoms with Crippen molar-refractivity contribution in [2.24, 2.45) is 0 Å². The molecule has 0 aliphatic carbocycles. The van der Waals surface area contributed by atoms with Gasteiger partial charge >= 0.3 is 0 Å². The molecular weight excluding hydrogens is 333 g/mol. The van der Waals surface area contributed by atoms with Gasteiger partial charge in [0.15, 0.2) is 0 Å². The molecule has 1 saturated heterocycles. The van der Waals surface area contributed by atoms with E-state index in [0.29, 0.717) is 16.1 Å². The molecule has 2 aromatic carbocycles. The van der Waals surface area contributed by atoms with Gasteiger partial charge in [-0.2, -0.15) is 0 Å². The number of carbonyl (C=O) groups is 2. The minimum atomic E-state index is -0.778. The molecular formula is C18H13ClFNO3. The van der Waals surface area contributed by atoms with Crippen LogP contribution < -0.4 is 0 Å². The van der Waals surface area contributed by atoms with Gasteiger partial charge in [-0.05, 0) is 42.0 Å². The number of rotatable bonds is 2. The largest absolute Gasteiger partial charge is 0.507 e. The van der Waals surface area contributed by atoms with E-state index in [1.807, 2.05) is 0 Å². The summed E-state index contributed by atoms with van der Waals surface area (Å²) in [5.74, 6) is -2.22. The van der Waals surface area contributed by atoms with Crippen LogP contribution in [0.25, 0.3) is 5.76 Å². The van der Waals surface area contributed by atoms with E-state index in [1.165, 1.54) is 36.2 Å². The maximum atomic E-state index is 13.2. The van der Waals surface area contributed by atoms with E-state index in [9.17, 15) is 19.1 Å². The van der Waals surface area contributed by atoms with Crippen molar-refractivity contribution in [2.45, 2.75) is 6.04 Å². The van der Waals surface area contributed by atoms with Crippen LogP contribution in [0.4, 0.5) is 4.39 Å². The summed E-state index contributed by atoms with van der Waals surface area (Å²) in [5.41, 5.74) is 0.878. The topological polar surface area (TPSA) is 57.6 Å². The molecule has 0 aromatic heterocycles. The molecule has 4 nitrogen and oxygen atoms in total. The first-order chi connectivity index (χ1) is 11.4. The fraction of sp³-hybridized carbons (Fsp3) is 0.111. The first-order valence-corrected chi connectivity index (χ1v) is 7.54. The standard InChI is InChI=1S/C18H13ClFNO3/c1-21-15(10-4-8-13(20)9-5-10)14(17(23)18(21)24)16(22)11-2-6-12(19)7-3-11/h2-9,15,22H,1H3/t15-/m0/s1. The maximum absolute atomic E-state index is 13.2. The lowest BCUT2D eigenvalue weighted by Gasteiger charge is -2.21. The van der Waals surface area contributed by atoms with Gasteiger partial charge in [-0.3, -0.25) is 9.59 Å². The van der Waals surface area contributed by atoms with Crippen molar-refractivity contribution in [1.82, 2.24) is 4.90 Å². The lowest BCUT2D eigenvalue weighted by molar-refractivity contribution is -0.139. The van der Waals surface area contributed by atoms with Gasteiger partial charge in [0.2, 0.25) is 0 Å². The smallest absolute Gasteiger partial charge is 0.295 e. The van der Waals surface area contributed by atoms with Gasteiger partial charge in [-0.15, -0.1) is 0 Å². The highest BCUT2D eigenvalue weighted by Crippen LogP contribution is 2.38. The number of Topliss-reactive ketones (excluding diaryl/α,β-unsaturated/α-hetero) is 1. The van der Waals surface area contributed by atoms with Crippen LogP contribution >= 0.6 is 11.6 Å². The number of likely N-dealkylation sites (N-methyl/N-ethyl adjacent to an activating group) is 1. The molecule has 0 unspecified atom stereocenters. The molecule has 24 heavy (non-hydrogen) atoms. The second-order valence-corrected chi connectivity index (χ2v) is 5.90. The monoisotopic (exact) mass is 345 g/mol. The van der Waals surface area contributed by atoms with Crippen molar-refractivity contribution >= 4 is 29.1 Å². The van der Waals surface area contributed by atoms with Crippen molar-refractivity contribution in [2.75, 3.05) is 7.05 Å². The van der Waals surface area contributed by atoms with E-state index in [4.69, 9.17) is 11.6 Å². The zero-order chi connectivity index (χ0) is 17.4. The van der Waals surface area contributed by atoms with Gasteiger partial charge in [0.05, 0.1) is 11.6 Å². The van der Waals surface area contributed by atoms with Crippen molar-refractivity contribution in [3.8, 4) is 0 Å². The van der Waals surface area contributed by atoms with Crippen molar-refractivity contribution in [3.63, 3.8) is 0 Å². The Morgan fingerprint density at radius 2 is 1.67 bits per heavy atom. The third-order valence-electron chi connectivity index (χ3n) is 3.98. The average molecular weight is 346 g/mol. The number of aliphatic hydroxyl groups is 1. The van der Waals surface area contributed by atoms with Crippen LogP contribution in [0.5, 0.6) is 0 Å². The number of ketones is 1. The minimum Gasteiger partial charge on any atom is -0.507 e. The van der Waals surface area contributed by atoms with Crippen LogP contribution in [-0.4, -0.2) is 28.7 Å². The zero-order valence-electron chi connectivity index (χ0n) is 12.7. The molecule has 6 heteroatoms. The third kappa shape index (κ3) is 2.67. The maximum Gasteiger partial charge on any atom is 0.295 e. The fourth-order valence-corrected chi connectivity index (χ4v) is 2.87. The van der Waals surface area contributed by atoms with Crippen LogP contribution in [-0.2, 0) is 9.59 Å². The summed E-state index contributed by atoms with van der Waals surface area (Å²) in [4.78, 5) is 25.7. The van der Waals surface area contributed by atoms with Crippen LogP contribution in [0.3, 0.4) is 0 Å². The normalized spacial score (nSPS) is 19.8. The second-order valence-electron chi connectivity index (χ2n) is 5.47. The minimum absolute atomic E-state index is 0.0311. The van der Waals surface area contributed by atoms with Crippen LogP contribution in [0.1, 0.15) is 17.2 Å². The van der Waals surface area contributed by atoms with Gasteiger partial charge in [-0.25, -0.2) is 4.39 Å². The molecule has 2 aromatic rings. The van der Waals surface area contributed by atoms with Gasteiger partial charge in [0, 0.05) is 17.6 Å². The molecule has 1 aliphatic heterocycles. The SMILES string of the molecule is CN1C(=O)C(=O)C(=C(O)c2ccc(Cl)cc2)[C@@H]1c1ccc(F)cc1. The summed E-state index contributed by atoms with van der Waals surface area (Å²) in [5, 5.41) is 11.1. The predicted molar refractivity (Wildman–Crippen MR) is 87.9 cm³/mol.